The SMILES string of the molecule is Cc1ccc(F)c(C(O)c2ccc(OC(C)C)cc2)c1. The summed E-state index contributed by atoms with van der Waals surface area (Å²) in [7, 11) is 0. The van der Waals surface area contributed by atoms with E-state index in [1.807, 2.05) is 20.8 Å². The first kappa shape index (κ1) is 14.5. The van der Waals surface area contributed by atoms with E-state index in [4.69, 9.17) is 4.74 Å². The summed E-state index contributed by atoms with van der Waals surface area (Å²) >= 11 is 0. The highest BCUT2D eigenvalue weighted by Gasteiger charge is 2.15. The second-order valence-corrected chi connectivity index (χ2v) is 5.16. The fourth-order valence-electron chi connectivity index (χ4n) is 2.05. The Bertz CT molecular complexity index is 576. The van der Waals surface area contributed by atoms with Crippen LogP contribution < -0.4 is 4.74 Å². The number of halogens is 1. The molecule has 0 aromatic heterocycles. The van der Waals surface area contributed by atoms with Gasteiger partial charge in [-0.3, -0.25) is 0 Å². The fraction of sp³-hybridized carbons (Fsp3) is 0.294. The van der Waals surface area contributed by atoms with Crippen LogP contribution in [0.3, 0.4) is 0 Å². The Morgan fingerprint density at radius 1 is 1.05 bits per heavy atom. The number of aryl methyl sites for hydroxylation is 1. The highest BCUT2D eigenvalue weighted by Crippen LogP contribution is 2.26. The number of benzene rings is 2. The lowest BCUT2D eigenvalue weighted by atomic mass is 9.99. The zero-order valence-corrected chi connectivity index (χ0v) is 11.9. The maximum Gasteiger partial charge on any atom is 0.129 e. The van der Waals surface area contributed by atoms with E-state index in [0.29, 0.717) is 11.1 Å². The van der Waals surface area contributed by atoms with Crippen LogP contribution in [0.1, 0.15) is 36.6 Å². The van der Waals surface area contributed by atoms with Crippen molar-refractivity contribution in [3.8, 4) is 5.75 Å². The van der Waals surface area contributed by atoms with Gasteiger partial charge in [-0.15, -0.1) is 0 Å². The fourth-order valence-corrected chi connectivity index (χ4v) is 2.05. The first-order valence-corrected chi connectivity index (χ1v) is 6.68. The molecule has 0 aliphatic heterocycles. The highest BCUT2D eigenvalue weighted by molar-refractivity contribution is 5.36. The van der Waals surface area contributed by atoms with E-state index in [1.54, 1.807) is 36.4 Å². The van der Waals surface area contributed by atoms with E-state index in [1.165, 1.54) is 6.07 Å². The summed E-state index contributed by atoms with van der Waals surface area (Å²) in [5.41, 5.74) is 1.85. The zero-order chi connectivity index (χ0) is 14.7. The van der Waals surface area contributed by atoms with Crippen LogP contribution in [0.2, 0.25) is 0 Å². The minimum atomic E-state index is -0.969. The standard InChI is InChI=1S/C17H19FO2/c1-11(2)20-14-7-5-13(6-8-14)17(19)15-10-12(3)4-9-16(15)18/h4-11,17,19H,1-3H3. The van der Waals surface area contributed by atoms with Crippen LogP contribution in [0.15, 0.2) is 42.5 Å². The monoisotopic (exact) mass is 274 g/mol. The molecular formula is C17H19FO2. The van der Waals surface area contributed by atoms with Gasteiger partial charge in [0.1, 0.15) is 17.7 Å². The molecular weight excluding hydrogens is 255 g/mol. The highest BCUT2D eigenvalue weighted by atomic mass is 19.1. The molecule has 3 heteroatoms. The lowest BCUT2D eigenvalue weighted by molar-refractivity contribution is 0.214. The van der Waals surface area contributed by atoms with Gasteiger partial charge in [0.05, 0.1) is 6.10 Å². The molecule has 1 N–H and O–H groups in total. The van der Waals surface area contributed by atoms with Crippen molar-refractivity contribution in [3.63, 3.8) is 0 Å². The molecule has 2 aromatic rings. The Morgan fingerprint density at radius 3 is 2.30 bits per heavy atom. The van der Waals surface area contributed by atoms with Crippen LogP contribution in [0, 0.1) is 12.7 Å². The molecule has 0 heterocycles. The van der Waals surface area contributed by atoms with Gasteiger partial charge in [0.25, 0.3) is 0 Å². The second-order valence-electron chi connectivity index (χ2n) is 5.16. The third-order valence-corrected chi connectivity index (χ3v) is 3.01. The van der Waals surface area contributed by atoms with Crippen LogP contribution in [0.25, 0.3) is 0 Å². The molecule has 1 unspecified atom stereocenters. The Kier molecular flexibility index (Phi) is 4.40. The predicted octanol–water partition coefficient (Wildman–Crippen LogP) is 4.00. The van der Waals surface area contributed by atoms with E-state index in [0.717, 1.165) is 11.3 Å². The zero-order valence-electron chi connectivity index (χ0n) is 11.9. The van der Waals surface area contributed by atoms with Crippen LogP contribution >= 0.6 is 0 Å². The molecule has 0 fully saturated rings. The Balaban J connectivity index is 2.24. The molecule has 0 spiro atoms. The van der Waals surface area contributed by atoms with E-state index in [-0.39, 0.29) is 6.10 Å². The van der Waals surface area contributed by atoms with Crippen molar-refractivity contribution in [2.45, 2.75) is 33.0 Å². The van der Waals surface area contributed by atoms with E-state index >= 15 is 0 Å². The number of hydrogen-bond donors (Lipinski definition) is 1. The summed E-state index contributed by atoms with van der Waals surface area (Å²) in [6.07, 6.45) is -0.872. The first-order valence-electron chi connectivity index (χ1n) is 6.68. The summed E-state index contributed by atoms with van der Waals surface area (Å²) in [5, 5.41) is 10.3. The summed E-state index contributed by atoms with van der Waals surface area (Å²) in [6.45, 7) is 5.77. The molecule has 0 amide bonds. The van der Waals surface area contributed by atoms with Crippen LogP contribution in [0.4, 0.5) is 4.39 Å². The van der Waals surface area contributed by atoms with Crippen molar-refractivity contribution in [1.82, 2.24) is 0 Å². The summed E-state index contributed by atoms with van der Waals surface area (Å²) in [6, 6.07) is 11.8. The summed E-state index contributed by atoms with van der Waals surface area (Å²) in [5.74, 6) is 0.339. The average molecular weight is 274 g/mol. The Hall–Kier alpha value is -1.87. The third kappa shape index (κ3) is 3.36. The third-order valence-electron chi connectivity index (χ3n) is 3.01. The average Bonchev–Trinajstić information content (AvgIpc) is 2.41. The van der Waals surface area contributed by atoms with Crippen molar-refractivity contribution in [1.29, 1.82) is 0 Å². The number of rotatable bonds is 4. The lowest BCUT2D eigenvalue weighted by Crippen LogP contribution is -2.06. The van der Waals surface area contributed by atoms with Gasteiger partial charge < -0.3 is 9.84 Å². The van der Waals surface area contributed by atoms with E-state index < -0.39 is 11.9 Å². The van der Waals surface area contributed by atoms with Gasteiger partial charge in [-0.25, -0.2) is 4.39 Å². The second kappa shape index (κ2) is 6.06. The molecule has 0 radical (unpaired) electrons. The van der Waals surface area contributed by atoms with Gasteiger partial charge in [-0.05, 0) is 44.5 Å². The molecule has 0 saturated carbocycles. The number of aliphatic hydroxyl groups is 1. The Morgan fingerprint density at radius 2 is 1.70 bits per heavy atom. The molecule has 0 aliphatic rings. The quantitative estimate of drug-likeness (QED) is 0.913. The first-order chi connectivity index (χ1) is 9.47. The maximum absolute atomic E-state index is 13.8. The van der Waals surface area contributed by atoms with E-state index in [9.17, 15) is 9.50 Å². The number of aliphatic hydroxyl groups excluding tert-OH is 1. The van der Waals surface area contributed by atoms with Crippen molar-refractivity contribution < 1.29 is 14.2 Å². The van der Waals surface area contributed by atoms with Gasteiger partial charge in [0.15, 0.2) is 0 Å². The molecule has 0 bridgehead atoms. The minimum Gasteiger partial charge on any atom is -0.491 e. The molecule has 2 nitrogen and oxygen atoms in total. The topological polar surface area (TPSA) is 29.5 Å². The smallest absolute Gasteiger partial charge is 0.129 e. The van der Waals surface area contributed by atoms with Crippen LogP contribution in [-0.2, 0) is 0 Å². The maximum atomic E-state index is 13.8. The minimum absolute atomic E-state index is 0.0972. The molecule has 20 heavy (non-hydrogen) atoms. The molecule has 0 saturated heterocycles. The van der Waals surface area contributed by atoms with Crippen LogP contribution in [-0.4, -0.2) is 11.2 Å². The number of ether oxygens (including phenoxy) is 1. The van der Waals surface area contributed by atoms with Crippen molar-refractivity contribution in [3.05, 3.63) is 65.0 Å². The Labute approximate surface area is 118 Å². The summed E-state index contributed by atoms with van der Waals surface area (Å²) in [4.78, 5) is 0. The molecule has 106 valence electrons. The van der Waals surface area contributed by atoms with Crippen molar-refractivity contribution in [2.24, 2.45) is 0 Å². The lowest BCUT2D eigenvalue weighted by Gasteiger charge is -2.15. The predicted molar refractivity (Wildman–Crippen MR) is 77.4 cm³/mol. The molecule has 2 rings (SSSR count). The van der Waals surface area contributed by atoms with Gasteiger partial charge in [-0.1, -0.05) is 29.8 Å². The largest absolute Gasteiger partial charge is 0.491 e. The number of hydrogen-bond acceptors (Lipinski definition) is 2. The molecule has 1 atom stereocenters. The van der Waals surface area contributed by atoms with Gasteiger partial charge in [0.2, 0.25) is 0 Å². The van der Waals surface area contributed by atoms with Gasteiger partial charge in [0, 0.05) is 5.56 Å². The molecule has 2 aromatic carbocycles. The van der Waals surface area contributed by atoms with E-state index in [2.05, 4.69) is 0 Å². The normalized spacial score (nSPS) is 12.5. The molecule has 0 aliphatic carbocycles. The van der Waals surface area contributed by atoms with Crippen LogP contribution in [0.5, 0.6) is 5.75 Å². The van der Waals surface area contributed by atoms with Crippen molar-refractivity contribution in [2.75, 3.05) is 0 Å². The summed E-state index contributed by atoms with van der Waals surface area (Å²) < 4.78 is 19.3. The van der Waals surface area contributed by atoms with Gasteiger partial charge in [-0.2, -0.15) is 0 Å². The van der Waals surface area contributed by atoms with Gasteiger partial charge >= 0.3 is 0 Å². The van der Waals surface area contributed by atoms with Crippen molar-refractivity contribution >= 4 is 0 Å².